The van der Waals surface area contributed by atoms with E-state index in [2.05, 4.69) is 153 Å². The third-order valence-electron chi connectivity index (χ3n) is 8.41. The molecule has 0 atom stereocenters. The van der Waals surface area contributed by atoms with Gasteiger partial charge in [0.2, 0.25) is 0 Å². The van der Waals surface area contributed by atoms with Crippen molar-refractivity contribution in [3.8, 4) is 44.5 Å². The van der Waals surface area contributed by atoms with E-state index in [0.29, 0.717) is 0 Å². The molecule has 1 aliphatic rings. The molecule has 4 aromatic carbocycles. The first kappa shape index (κ1) is 28.7. The number of hydrogen-bond acceptors (Lipinski definition) is 2. The lowest BCUT2D eigenvalue weighted by molar-refractivity contribution is 1.31. The van der Waals surface area contributed by atoms with Crippen LogP contribution in [0.2, 0.25) is 0 Å². The molecule has 0 fully saturated rings. The first-order valence-corrected chi connectivity index (χ1v) is 16.3. The van der Waals surface area contributed by atoms with E-state index in [1.54, 1.807) is 0 Å². The maximum atomic E-state index is 5.37. The topological polar surface area (TPSA) is 57.4 Å². The lowest BCUT2D eigenvalue weighted by atomic mass is 10.0. The second-order valence-electron chi connectivity index (χ2n) is 11.4. The highest BCUT2D eigenvalue weighted by molar-refractivity contribution is 9.15. The Balaban J connectivity index is 1.55. The van der Waals surface area contributed by atoms with E-state index in [1.165, 1.54) is 0 Å². The van der Waals surface area contributed by atoms with E-state index in [4.69, 9.17) is 9.97 Å². The number of benzene rings is 4. The Kier molecular flexibility index (Phi) is 7.66. The van der Waals surface area contributed by atoms with Crippen LogP contribution >= 0.6 is 15.9 Å². The highest BCUT2D eigenvalue weighted by Crippen LogP contribution is 2.40. The largest absolute Gasteiger partial charge is 0.354 e. The SMILES string of the molecule is BrC1=Cc2nc1c(-c1ccccc1)c1ccc([nH]1)c(-c1ccccc1)cncc(-c1ccccc1)c1ccc([nH]1)c2-c1ccccc1. The molecule has 0 saturated heterocycles. The first-order valence-electron chi connectivity index (χ1n) is 15.5. The minimum atomic E-state index is 0.867. The quantitative estimate of drug-likeness (QED) is 0.196. The van der Waals surface area contributed by atoms with E-state index in [-0.39, 0.29) is 0 Å². The lowest BCUT2D eigenvalue weighted by Gasteiger charge is -2.06. The summed E-state index contributed by atoms with van der Waals surface area (Å²) in [6.07, 6.45) is 6.02. The van der Waals surface area contributed by atoms with Gasteiger partial charge in [0, 0.05) is 61.2 Å². The Morgan fingerprint density at radius 3 is 1.32 bits per heavy atom. The number of hydrogen-bond donors (Lipinski definition) is 2. The Hall–Kier alpha value is -5.78. The van der Waals surface area contributed by atoms with Gasteiger partial charge in [-0.3, -0.25) is 4.98 Å². The van der Waals surface area contributed by atoms with Crippen LogP contribution in [-0.2, 0) is 0 Å². The minimum absolute atomic E-state index is 0.867. The monoisotopic (exact) mass is 668 g/mol. The van der Waals surface area contributed by atoms with Crippen molar-refractivity contribution in [2.45, 2.75) is 0 Å². The molecule has 6 bridgehead atoms. The summed E-state index contributed by atoms with van der Waals surface area (Å²) in [4.78, 5) is 17.8. The molecule has 4 nitrogen and oxygen atoms in total. The molecule has 7 aromatic rings. The van der Waals surface area contributed by atoms with Gasteiger partial charge in [-0.25, -0.2) is 4.98 Å². The van der Waals surface area contributed by atoms with Crippen LogP contribution in [0.5, 0.6) is 0 Å². The molecule has 0 aliphatic carbocycles. The summed E-state index contributed by atoms with van der Waals surface area (Å²) >= 11 is 3.92. The number of aromatic amines is 2. The van der Waals surface area contributed by atoms with Crippen molar-refractivity contribution < 1.29 is 0 Å². The zero-order valence-corrected chi connectivity index (χ0v) is 26.9. The van der Waals surface area contributed by atoms with E-state index in [0.717, 1.165) is 82.4 Å². The van der Waals surface area contributed by atoms with Crippen LogP contribution in [0, 0.1) is 0 Å². The summed E-state index contributed by atoms with van der Waals surface area (Å²) in [5, 5.41) is 0. The van der Waals surface area contributed by atoms with Crippen LogP contribution in [0.15, 0.2) is 158 Å². The molecule has 0 spiro atoms. The van der Waals surface area contributed by atoms with Gasteiger partial charge in [-0.1, -0.05) is 121 Å². The third-order valence-corrected chi connectivity index (χ3v) is 9.01. The molecule has 0 radical (unpaired) electrons. The highest BCUT2D eigenvalue weighted by Gasteiger charge is 2.19. The average molecular weight is 670 g/mol. The van der Waals surface area contributed by atoms with Gasteiger partial charge >= 0.3 is 0 Å². The van der Waals surface area contributed by atoms with Crippen molar-refractivity contribution >= 4 is 48.6 Å². The van der Waals surface area contributed by atoms with Gasteiger partial charge in [-0.15, -0.1) is 0 Å². The van der Waals surface area contributed by atoms with Crippen molar-refractivity contribution in [2.75, 3.05) is 0 Å². The summed E-state index contributed by atoms with van der Waals surface area (Å²) in [5.74, 6) is 0. The van der Waals surface area contributed by atoms with Gasteiger partial charge in [0.25, 0.3) is 0 Å². The number of rotatable bonds is 4. The molecule has 4 heterocycles. The van der Waals surface area contributed by atoms with Crippen molar-refractivity contribution in [3.05, 3.63) is 169 Å². The van der Waals surface area contributed by atoms with Gasteiger partial charge in [0.15, 0.2) is 0 Å². The second kappa shape index (κ2) is 12.5. The van der Waals surface area contributed by atoms with Crippen LogP contribution in [0.1, 0.15) is 11.4 Å². The molecular weight excluding hydrogens is 640 g/mol. The average Bonchev–Trinajstić information content (AvgIpc) is 3.88. The fourth-order valence-electron chi connectivity index (χ4n) is 6.19. The highest BCUT2D eigenvalue weighted by atomic mass is 79.9. The van der Waals surface area contributed by atoms with Crippen molar-refractivity contribution in [1.82, 2.24) is 19.9 Å². The normalized spacial score (nSPS) is 11.6. The summed E-state index contributed by atoms with van der Waals surface area (Å²) in [5.41, 5.74) is 13.9. The van der Waals surface area contributed by atoms with Gasteiger partial charge in [0.05, 0.1) is 11.4 Å². The number of halogens is 1. The third kappa shape index (κ3) is 5.62. The smallest absolute Gasteiger partial charge is 0.0879 e. The van der Waals surface area contributed by atoms with Crippen LogP contribution in [0.25, 0.3) is 77.1 Å². The van der Waals surface area contributed by atoms with Gasteiger partial charge in [0.1, 0.15) is 0 Å². The Morgan fingerprint density at radius 2 is 0.830 bits per heavy atom. The van der Waals surface area contributed by atoms with Gasteiger partial charge < -0.3 is 9.97 Å². The summed E-state index contributed by atoms with van der Waals surface area (Å²) < 4.78 is 0.922. The molecule has 47 heavy (non-hydrogen) atoms. The number of H-pyrrole nitrogens is 2. The van der Waals surface area contributed by atoms with Crippen LogP contribution in [0.4, 0.5) is 0 Å². The molecule has 2 N–H and O–H groups in total. The van der Waals surface area contributed by atoms with Crippen LogP contribution in [0.3, 0.4) is 0 Å². The van der Waals surface area contributed by atoms with Crippen LogP contribution in [-0.4, -0.2) is 19.9 Å². The van der Waals surface area contributed by atoms with Gasteiger partial charge in [-0.05, 0) is 68.5 Å². The summed E-state index contributed by atoms with van der Waals surface area (Å²) in [6.45, 7) is 0. The van der Waals surface area contributed by atoms with Crippen molar-refractivity contribution in [1.29, 1.82) is 0 Å². The predicted molar refractivity (Wildman–Crippen MR) is 200 cm³/mol. The minimum Gasteiger partial charge on any atom is -0.354 e. The van der Waals surface area contributed by atoms with Gasteiger partial charge in [-0.2, -0.15) is 0 Å². The zero-order valence-electron chi connectivity index (χ0n) is 25.4. The lowest BCUT2D eigenvalue weighted by Crippen LogP contribution is -1.88. The Labute approximate surface area is 281 Å². The molecule has 224 valence electrons. The number of nitrogens with one attached hydrogen (secondary N) is 2. The standard InChI is InChI=1S/C42H29BrN4/c43-34-25-39-40(30-17-9-3-10-18-30)37-23-21-35(45-37)32(28-13-5-1-6-14-28)26-44-27-33(29-15-7-2-8-16-29)36-22-24-38(46-36)41(42(34)47-39)31-19-11-4-12-20-31/h1-27,45-46H. The number of fused-ring (bicyclic) bond motifs is 6. The van der Waals surface area contributed by atoms with E-state index >= 15 is 0 Å². The maximum absolute atomic E-state index is 5.37. The zero-order chi connectivity index (χ0) is 31.6. The predicted octanol–water partition coefficient (Wildman–Crippen LogP) is 11.6. The molecular formula is C42H29BrN4. The number of aromatic nitrogens is 4. The molecule has 5 heteroatoms. The maximum Gasteiger partial charge on any atom is 0.0879 e. The van der Waals surface area contributed by atoms with Crippen molar-refractivity contribution in [2.24, 2.45) is 0 Å². The molecule has 0 unspecified atom stereocenters. The summed E-state index contributed by atoms with van der Waals surface area (Å²) in [7, 11) is 0. The fraction of sp³-hybridized carbons (Fsp3) is 0. The first-order chi connectivity index (χ1) is 23.2. The molecule has 8 rings (SSSR count). The fourth-order valence-corrected chi connectivity index (χ4v) is 6.69. The molecule has 3 aromatic heterocycles. The van der Waals surface area contributed by atoms with Crippen LogP contribution < -0.4 is 0 Å². The van der Waals surface area contributed by atoms with E-state index < -0.39 is 0 Å². The van der Waals surface area contributed by atoms with E-state index in [1.807, 2.05) is 36.7 Å². The molecule has 1 aliphatic heterocycles. The Morgan fingerprint density at radius 1 is 0.426 bits per heavy atom. The number of nitrogens with zero attached hydrogens (tertiary/aromatic N) is 2. The summed E-state index contributed by atoms with van der Waals surface area (Å²) in [6, 6.07) is 50.2. The van der Waals surface area contributed by atoms with Crippen molar-refractivity contribution in [3.63, 3.8) is 0 Å². The molecule has 0 amide bonds. The van der Waals surface area contributed by atoms with E-state index in [9.17, 15) is 0 Å². The second-order valence-corrected chi connectivity index (χ2v) is 12.2. The Bertz CT molecular complexity index is 2390. The molecule has 0 saturated carbocycles.